The standard InChI is InChI=1S/C24H35NO/c1-3-5-6-7-8-9-10-19-26-24-17-13-22(14-18-24)12-16-23-15-11-21(4-2)20-25-23/h11,13-15,17-18,20H,3-10,12,16,19H2,1-2H3. The first-order valence-electron chi connectivity index (χ1n) is 10.5. The number of rotatable bonds is 13. The first-order chi connectivity index (χ1) is 12.8. The van der Waals surface area contributed by atoms with Gasteiger partial charge in [0.05, 0.1) is 6.61 Å². The maximum atomic E-state index is 5.86. The van der Waals surface area contributed by atoms with E-state index < -0.39 is 0 Å². The Kier molecular flexibility index (Phi) is 9.86. The molecule has 0 saturated carbocycles. The number of nitrogens with zero attached hydrogens (tertiary/aromatic N) is 1. The van der Waals surface area contributed by atoms with Crippen LogP contribution in [-0.4, -0.2) is 11.6 Å². The Balaban J connectivity index is 1.61. The monoisotopic (exact) mass is 353 g/mol. The molecule has 2 aromatic rings. The number of hydrogen-bond acceptors (Lipinski definition) is 2. The summed E-state index contributed by atoms with van der Waals surface area (Å²) in [6.07, 6.45) is 14.3. The molecule has 0 radical (unpaired) electrons. The Morgan fingerprint density at radius 2 is 1.42 bits per heavy atom. The summed E-state index contributed by atoms with van der Waals surface area (Å²) in [6, 6.07) is 12.9. The van der Waals surface area contributed by atoms with E-state index in [1.165, 1.54) is 55.3 Å². The van der Waals surface area contributed by atoms with Gasteiger partial charge in [0.1, 0.15) is 5.75 Å². The highest BCUT2D eigenvalue weighted by Gasteiger charge is 2.00. The second kappa shape index (κ2) is 12.5. The smallest absolute Gasteiger partial charge is 0.119 e. The van der Waals surface area contributed by atoms with Crippen LogP contribution < -0.4 is 4.74 Å². The highest BCUT2D eigenvalue weighted by atomic mass is 16.5. The van der Waals surface area contributed by atoms with Gasteiger partial charge in [-0.1, -0.05) is 70.6 Å². The van der Waals surface area contributed by atoms with Crippen molar-refractivity contribution < 1.29 is 4.74 Å². The molecular formula is C24H35NO. The molecule has 0 aliphatic rings. The van der Waals surface area contributed by atoms with Crippen molar-refractivity contribution in [3.8, 4) is 5.75 Å². The molecule has 0 atom stereocenters. The number of aryl methyl sites for hydroxylation is 3. The molecule has 26 heavy (non-hydrogen) atoms. The van der Waals surface area contributed by atoms with Crippen LogP contribution in [0.1, 0.15) is 75.6 Å². The average molecular weight is 354 g/mol. The van der Waals surface area contributed by atoms with Gasteiger partial charge in [-0.15, -0.1) is 0 Å². The largest absolute Gasteiger partial charge is 0.494 e. The Bertz CT molecular complexity index is 589. The van der Waals surface area contributed by atoms with E-state index in [4.69, 9.17) is 4.74 Å². The Morgan fingerprint density at radius 1 is 0.731 bits per heavy atom. The van der Waals surface area contributed by atoms with Gasteiger partial charge >= 0.3 is 0 Å². The fraction of sp³-hybridized carbons (Fsp3) is 0.542. The van der Waals surface area contributed by atoms with Gasteiger partial charge in [-0.3, -0.25) is 4.98 Å². The van der Waals surface area contributed by atoms with E-state index in [0.29, 0.717) is 0 Å². The lowest BCUT2D eigenvalue weighted by atomic mass is 10.1. The Labute approximate surface area is 160 Å². The summed E-state index contributed by atoms with van der Waals surface area (Å²) in [4.78, 5) is 4.54. The van der Waals surface area contributed by atoms with Gasteiger partial charge in [0.25, 0.3) is 0 Å². The third-order valence-electron chi connectivity index (χ3n) is 4.90. The van der Waals surface area contributed by atoms with Crippen LogP contribution in [0.5, 0.6) is 5.75 Å². The summed E-state index contributed by atoms with van der Waals surface area (Å²) in [5.74, 6) is 0.991. The van der Waals surface area contributed by atoms with Crippen LogP contribution in [0.15, 0.2) is 42.6 Å². The quantitative estimate of drug-likeness (QED) is 0.380. The van der Waals surface area contributed by atoms with Crippen molar-refractivity contribution in [3.05, 3.63) is 59.4 Å². The molecule has 0 aliphatic carbocycles. The van der Waals surface area contributed by atoms with Crippen LogP contribution in [0.3, 0.4) is 0 Å². The molecule has 0 fully saturated rings. The van der Waals surface area contributed by atoms with E-state index in [2.05, 4.69) is 55.2 Å². The summed E-state index contributed by atoms with van der Waals surface area (Å²) in [7, 11) is 0. The topological polar surface area (TPSA) is 22.1 Å². The fourth-order valence-electron chi connectivity index (χ4n) is 3.09. The molecule has 0 aliphatic heterocycles. The second-order valence-electron chi connectivity index (χ2n) is 7.13. The van der Waals surface area contributed by atoms with E-state index >= 15 is 0 Å². The molecule has 0 unspecified atom stereocenters. The molecular weight excluding hydrogens is 318 g/mol. The summed E-state index contributed by atoms with van der Waals surface area (Å²) in [6.45, 7) is 5.26. The van der Waals surface area contributed by atoms with Gasteiger partial charge in [0.2, 0.25) is 0 Å². The molecule has 1 heterocycles. The molecule has 1 aromatic carbocycles. The SMILES string of the molecule is CCCCCCCCCOc1ccc(CCc2ccc(CC)cn2)cc1. The predicted octanol–water partition coefficient (Wildman–Crippen LogP) is 6.56. The molecule has 2 nitrogen and oxygen atoms in total. The molecule has 0 amide bonds. The number of benzene rings is 1. The van der Waals surface area contributed by atoms with Gasteiger partial charge in [0, 0.05) is 11.9 Å². The molecule has 0 saturated heterocycles. The predicted molar refractivity (Wildman–Crippen MR) is 111 cm³/mol. The second-order valence-corrected chi connectivity index (χ2v) is 7.13. The van der Waals surface area contributed by atoms with Crippen molar-refractivity contribution in [2.45, 2.75) is 78.1 Å². The normalized spacial score (nSPS) is 10.8. The van der Waals surface area contributed by atoms with E-state index in [1.54, 1.807) is 0 Å². The molecule has 2 rings (SSSR count). The lowest BCUT2D eigenvalue weighted by molar-refractivity contribution is 0.304. The molecule has 0 bridgehead atoms. The van der Waals surface area contributed by atoms with Crippen molar-refractivity contribution in [1.29, 1.82) is 0 Å². The van der Waals surface area contributed by atoms with Crippen LogP contribution in [0.25, 0.3) is 0 Å². The molecule has 0 spiro atoms. The molecule has 0 N–H and O–H groups in total. The zero-order chi connectivity index (χ0) is 18.5. The zero-order valence-electron chi connectivity index (χ0n) is 16.7. The van der Waals surface area contributed by atoms with Crippen LogP contribution in [0, 0.1) is 0 Å². The maximum Gasteiger partial charge on any atom is 0.119 e. The van der Waals surface area contributed by atoms with Crippen molar-refractivity contribution in [3.63, 3.8) is 0 Å². The number of unbranched alkanes of at least 4 members (excludes halogenated alkanes) is 6. The molecule has 142 valence electrons. The highest BCUT2D eigenvalue weighted by Crippen LogP contribution is 2.15. The van der Waals surface area contributed by atoms with E-state index in [0.717, 1.165) is 38.0 Å². The van der Waals surface area contributed by atoms with E-state index in [9.17, 15) is 0 Å². The minimum atomic E-state index is 0.834. The maximum absolute atomic E-state index is 5.86. The first-order valence-corrected chi connectivity index (χ1v) is 10.5. The van der Waals surface area contributed by atoms with Crippen molar-refractivity contribution in [1.82, 2.24) is 4.98 Å². The fourth-order valence-corrected chi connectivity index (χ4v) is 3.09. The van der Waals surface area contributed by atoms with Crippen LogP contribution in [0.2, 0.25) is 0 Å². The Morgan fingerprint density at radius 3 is 2.08 bits per heavy atom. The Hall–Kier alpha value is -1.83. The van der Waals surface area contributed by atoms with Gasteiger partial charge in [0.15, 0.2) is 0 Å². The van der Waals surface area contributed by atoms with Crippen molar-refractivity contribution in [2.24, 2.45) is 0 Å². The minimum Gasteiger partial charge on any atom is -0.494 e. The van der Waals surface area contributed by atoms with Crippen LogP contribution in [0.4, 0.5) is 0 Å². The van der Waals surface area contributed by atoms with Gasteiger partial charge in [-0.25, -0.2) is 0 Å². The summed E-state index contributed by atoms with van der Waals surface area (Å²) in [5.41, 5.74) is 3.81. The molecule has 2 heteroatoms. The van der Waals surface area contributed by atoms with Gasteiger partial charge < -0.3 is 4.74 Å². The summed E-state index contributed by atoms with van der Waals surface area (Å²) in [5, 5.41) is 0. The van der Waals surface area contributed by atoms with Crippen molar-refractivity contribution in [2.75, 3.05) is 6.61 Å². The third kappa shape index (κ3) is 8.03. The minimum absolute atomic E-state index is 0.834. The summed E-state index contributed by atoms with van der Waals surface area (Å²) < 4.78 is 5.86. The van der Waals surface area contributed by atoms with Crippen molar-refractivity contribution >= 4 is 0 Å². The lowest BCUT2D eigenvalue weighted by Crippen LogP contribution is -1.98. The van der Waals surface area contributed by atoms with Crippen LogP contribution >= 0.6 is 0 Å². The van der Waals surface area contributed by atoms with Gasteiger partial charge in [-0.05, 0) is 55.0 Å². The average Bonchev–Trinajstić information content (AvgIpc) is 2.69. The third-order valence-corrected chi connectivity index (χ3v) is 4.90. The van der Waals surface area contributed by atoms with Gasteiger partial charge in [-0.2, -0.15) is 0 Å². The number of ether oxygens (including phenoxy) is 1. The first kappa shape index (κ1) is 20.5. The number of aromatic nitrogens is 1. The van der Waals surface area contributed by atoms with Crippen LogP contribution in [-0.2, 0) is 19.3 Å². The zero-order valence-corrected chi connectivity index (χ0v) is 16.7. The highest BCUT2D eigenvalue weighted by molar-refractivity contribution is 5.28. The van der Waals surface area contributed by atoms with E-state index in [1.807, 2.05) is 6.20 Å². The molecule has 1 aromatic heterocycles. The summed E-state index contributed by atoms with van der Waals surface area (Å²) >= 11 is 0. The number of pyridine rings is 1. The number of hydrogen-bond donors (Lipinski definition) is 0. The lowest BCUT2D eigenvalue weighted by Gasteiger charge is -2.08. The van der Waals surface area contributed by atoms with E-state index in [-0.39, 0.29) is 0 Å².